The second-order valence-electron chi connectivity index (χ2n) is 7.69. The molecule has 0 aliphatic carbocycles. The van der Waals surface area contributed by atoms with E-state index in [0.29, 0.717) is 29.4 Å². The molecule has 2 aromatic rings. The molecule has 0 unspecified atom stereocenters. The van der Waals surface area contributed by atoms with Crippen molar-refractivity contribution in [2.45, 2.75) is 70.8 Å². The number of aliphatic carboxylic acids is 1. The molecular formula is C22H29N3O4. The molecule has 0 radical (unpaired) electrons. The summed E-state index contributed by atoms with van der Waals surface area (Å²) in [7, 11) is 0. The number of hydrogen-bond donors (Lipinski definition) is 2. The molecule has 1 aromatic carbocycles. The van der Waals surface area contributed by atoms with Crippen LogP contribution in [-0.2, 0) is 17.8 Å². The maximum Gasteiger partial charge on any atom is 0.303 e. The number of carboxylic acid groups (broad SMARTS) is 1. The zero-order valence-electron chi connectivity index (χ0n) is 16.8. The van der Waals surface area contributed by atoms with Crippen molar-refractivity contribution in [1.29, 1.82) is 0 Å². The van der Waals surface area contributed by atoms with E-state index in [1.54, 1.807) is 22.8 Å². The molecule has 0 spiro atoms. The molecule has 29 heavy (non-hydrogen) atoms. The predicted octanol–water partition coefficient (Wildman–Crippen LogP) is 3.28. The van der Waals surface area contributed by atoms with Gasteiger partial charge in [-0.3, -0.25) is 19.0 Å². The van der Waals surface area contributed by atoms with Gasteiger partial charge in [0, 0.05) is 31.5 Å². The smallest absolute Gasteiger partial charge is 0.303 e. The number of aromatic nitrogens is 2. The molecule has 7 heteroatoms. The van der Waals surface area contributed by atoms with Gasteiger partial charge >= 0.3 is 5.97 Å². The zero-order chi connectivity index (χ0) is 20.6. The molecular weight excluding hydrogens is 370 g/mol. The van der Waals surface area contributed by atoms with Crippen molar-refractivity contribution >= 4 is 22.8 Å². The molecule has 0 bridgehead atoms. The Morgan fingerprint density at radius 2 is 1.86 bits per heavy atom. The molecule has 0 saturated carbocycles. The van der Waals surface area contributed by atoms with Crippen LogP contribution in [0.5, 0.6) is 0 Å². The third-order valence-corrected chi connectivity index (χ3v) is 5.43. The molecule has 2 heterocycles. The Morgan fingerprint density at radius 1 is 1.07 bits per heavy atom. The number of carbonyl (C=O) groups is 2. The number of rotatable bonds is 9. The van der Waals surface area contributed by atoms with Crippen LogP contribution >= 0.6 is 0 Å². The van der Waals surface area contributed by atoms with Crippen molar-refractivity contribution in [1.82, 2.24) is 14.9 Å². The Bertz CT molecular complexity index is 936. The quantitative estimate of drug-likeness (QED) is 0.630. The van der Waals surface area contributed by atoms with Gasteiger partial charge in [0.2, 0.25) is 0 Å². The minimum Gasteiger partial charge on any atom is -0.481 e. The van der Waals surface area contributed by atoms with Crippen molar-refractivity contribution in [2.75, 3.05) is 6.54 Å². The van der Waals surface area contributed by atoms with Crippen LogP contribution in [0.2, 0.25) is 0 Å². The van der Waals surface area contributed by atoms with E-state index in [2.05, 4.69) is 10.3 Å². The van der Waals surface area contributed by atoms with E-state index < -0.39 is 5.97 Å². The molecule has 1 aliphatic heterocycles. The molecule has 1 aromatic heterocycles. The highest BCUT2D eigenvalue weighted by atomic mass is 16.4. The number of aryl methyl sites for hydroxylation is 1. The van der Waals surface area contributed by atoms with Crippen LogP contribution in [0.15, 0.2) is 23.0 Å². The summed E-state index contributed by atoms with van der Waals surface area (Å²) in [6.45, 7) is 1.30. The number of nitrogens with zero attached hydrogens (tertiary/aromatic N) is 2. The third-order valence-electron chi connectivity index (χ3n) is 5.43. The van der Waals surface area contributed by atoms with Crippen LogP contribution in [0.4, 0.5) is 0 Å². The average Bonchev–Trinajstić information content (AvgIpc) is 2.95. The summed E-state index contributed by atoms with van der Waals surface area (Å²) < 4.78 is 1.78. The van der Waals surface area contributed by atoms with E-state index >= 15 is 0 Å². The molecule has 156 valence electrons. The first-order chi connectivity index (χ1) is 14.1. The maximum absolute atomic E-state index is 12.8. The lowest BCUT2D eigenvalue weighted by atomic mass is 10.1. The Morgan fingerprint density at radius 3 is 2.69 bits per heavy atom. The summed E-state index contributed by atoms with van der Waals surface area (Å²) in [6, 6.07) is 5.11. The number of carboxylic acids is 1. The largest absolute Gasteiger partial charge is 0.481 e. The van der Waals surface area contributed by atoms with Gasteiger partial charge in [-0.1, -0.05) is 25.7 Å². The van der Waals surface area contributed by atoms with Crippen molar-refractivity contribution in [3.8, 4) is 0 Å². The molecule has 1 amide bonds. The molecule has 7 nitrogen and oxygen atoms in total. The summed E-state index contributed by atoms with van der Waals surface area (Å²) in [6.07, 6.45) is 8.56. The SMILES string of the molecule is O=C(O)CCCCCCCNC(=O)c1ccc2c(=O)n3c(nc2c1)CCCCC3. The van der Waals surface area contributed by atoms with Gasteiger partial charge in [-0.2, -0.15) is 0 Å². The molecule has 3 rings (SSSR count). The van der Waals surface area contributed by atoms with Gasteiger partial charge in [-0.05, 0) is 43.9 Å². The average molecular weight is 399 g/mol. The Labute approximate surface area is 170 Å². The number of benzene rings is 1. The Kier molecular flexibility index (Phi) is 7.38. The summed E-state index contributed by atoms with van der Waals surface area (Å²) >= 11 is 0. The lowest BCUT2D eigenvalue weighted by Gasteiger charge is -2.11. The van der Waals surface area contributed by atoms with Crippen molar-refractivity contribution < 1.29 is 14.7 Å². The van der Waals surface area contributed by atoms with Gasteiger partial charge in [0.15, 0.2) is 0 Å². The van der Waals surface area contributed by atoms with Gasteiger partial charge in [0.1, 0.15) is 5.82 Å². The van der Waals surface area contributed by atoms with Crippen molar-refractivity contribution in [3.05, 3.63) is 39.9 Å². The van der Waals surface area contributed by atoms with Crippen LogP contribution in [0.25, 0.3) is 10.9 Å². The van der Waals surface area contributed by atoms with E-state index in [4.69, 9.17) is 5.11 Å². The fourth-order valence-electron chi connectivity index (χ4n) is 3.80. The molecule has 0 saturated heterocycles. The Balaban J connectivity index is 1.55. The molecule has 0 atom stereocenters. The second kappa shape index (κ2) is 10.2. The summed E-state index contributed by atoms with van der Waals surface area (Å²) in [4.78, 5) is 40.3. The van der Waals surface area contributed by atoms with Crippen LogP contribution in [0.3, 0.4) is 0 Å². The lowest BCUT2D eigenvalue weighted by Crippen LogP contribution is -2.26. The zero-order valence-corrected chi connectivity index (χ0v) is 16.8. The Hall–Kier alpha value is -2.70. The highest BCUT2D eigenvalue weighted by Gasteiger charge is 2.15. The first-order valence-electron chi connectivity index (χ1n) is 10.6. The van der Waals surface area contributed by atoms with E-state index in [-0.39, 0.29) is 17.9 Å². The van der Waals surface area contributed by atoms with Crippen LogP contribution in [0, 0.1) is 0 Å². The van der Waals surface area contributed by atoms with Gasteiger partial charge < -0.3 is 10.4 Å². The first kappa shape index (κ1) is 21.0. The topological polar surface area (TPSA) is 101 Å². The number of fused-ring (bicyclic) bond motifs is 2. The third kappa shape index (κ3) is 5.65. The lowest BCUT2D eigenvalue weighted by molar-refractivity contribution is -0.137. The normalized spacial score (nSPS) is 13.7. The first-order valence-corrected chi connectivity index (χ1v) is 10.6. The monoisotopic (exact) mass is 399 g/mol. The van der Waals surface area contributed by atoms with Gasteiger partial charge in [-0.15, -0.1) is 0 Å². The molecule has 1 aliphatic rings. The minimum absolute atomic E-state index is 0.0123. The van der Waals surface area contributed by atoms with Gasteiger partial charge in [0.25, 0.3) is 11.5 Å². The number of unbranched alkanes of at least 4 members (excludes halogenated alkanes) is 4. The van der Waals surface area contributed by atoms with Crippen LogP contribution in [0.1, 0.15) is 74.0 Å². The van der Waals surface area contributed by atoms with Crippen molar-refractivity contribution in [2.24, 2.45) is 0 Å². The minimum atomic E-state index is -0.749. The molecule has 2 N–H and O–H groups in total. The highest BCUT2D eigenvalue weighted by Crippen LogP contribution is 2.16. The number of amides is 1. The fourth-order valence-corrected chi connectivity index (χ4v) is 3.80. The number of hydrogen-bond acceptors (Lipinski definition) is 4. The predicted molar refractivity (Wildman–Crippen MR) is 111 cm³/mol. The van der Waals surface area contributed by atoms with E-state index in [9.17, 15) is 14.4 Å². The maximum atomic E-state index is 12.8. The van der Waals surface area contributed by atoms with Crippen LogP contribution < -0.4 is 10.9 Å². The van der Waals surface area contributed by atoms with E-state index in [1.165, 1.54) is 0 Å². The van der Waals surface area contributed by atoms with Crippen molar-refractivity contribution in [3.63, 3.8) is 0 Å². The summed E-state index contributed by atoms with van der Waals surface area (Å²) in [5.41, 5.74) is 1.10. The fraction of sp³-hybridized carbons (Fsp3) is 0.545. The highest BCUT2D eigenvalue weighted by molar-refractivity contribution is 5.97. The van der Waals surface area contributed by atoms with Crippen LogP contribution in [-0.4, -0.2) is 33.1 Å². The summed E-state index contributed by atoms with van der Waals surface area (Å²) in [5.74, 6) is -0.0871. The van der Waals surface area contributed by atoms with E-state index in [1.807, 2.05) is 0 Å². The van der Waals surface area contributed by atoms with E-state index in [0.717, 1.165) is 63.7 Å². The second-order valence-corrected chi connectivity index (χ2v) is 7.69. The van der Waals surface area contributed by atoms with Gasteiger partial charge in [-0.25, -0.2) is 4.98 Å². The standard InChI is InChI=1S/C22H29N3O4/c26-20(27)10-6-2-1-3-7-13-23-21(28)16-11-12-17-18(15-16)24-19-9-5-4-8-14-25(19)22(17)29/h11-12,15H,1-10,13-14H2,(H,23,28)(H,26,27). The summed E-state index contributed by atoms with van der Waals surface area (Å²) in [5, 5.41) is 12.1. The molecule has 0 fully saturated rings. The number of nitrogens with one attached hydrogen (secondary N) is 1. The van der Waals surface area contributed by atoms with Gasteiger partial charge in [0.05, 0.1) is 10.9 Å². The number of carbonyl (C=O) groups excluding carboxylic acids is 1.